The zero-order valence-corrected chi connectivity index (χ0v) is 52.9. The molecule has 1 amide bonds. The SMILES string of the molecule is CCCCC/C=C\C/C=C\CCCCCCCCCCCC(=O)OCCCCCCCCCCCCCCCCCCCCCCCCCCCCCCCCCCC(=O)NC(CO)C(O)CCCCCCCCCCCC. The van der Waals surface area contributed by atoms with E-state index in [2.05, 4.69) is 43.5 Å². The second kappa shape index (κ2) is 67.8. The number of unbranched alkanes of at least 4 members (excludes halogenated alkanes) is 52. The van der Waals surface area contributed by atoms with Crippen LogP contribution in [-0.2, 0) is 14.3 Å². The van der Waals surface area contributed by atoms with E-state index in [1.807, 2.05) is 0 Å². The third-order valence-electron chi connectivity index (χ3n) is 16.8. The molecule has 0 saturated carbocycles. The molecule has 6 nitrogen and oxygen atoms in total. The highest BCUT2D eigenvalue weighted by molar-refractivity contribution is 5.76. The van der Waals surface area contributed by atoms with Crippen LogP contribution in [0.1, 0.15) is 399 Å². The first-order valence-electron chi connectivity index (χ1n) is 35.6. The number of aliphatic hydroxyl groups excluding tert-OH is 2. The molecule has 2 unspecified atom stereocenters. The highest BCUT2D eigenvalue weighted by atomic mass is 16.5. The van der Waals surface area contributed by atoms with Crippen LogP contribution in [0.5, 0.6) is 0 Å². The third-order valence-corrected chi connectivity index (χ3v) is 16.8. The van der Waals surface area contributed by atoms with E-state index in [9.17, 15) is 19.8 Å². The van der Waals surface area contributed by atoms with Gasteiger partial charge in [0.05, 0.1) is 25.4 Å². The van der Waals surface area contributed by atoms with Gasteiger partial charge in [0.1, 0.15) is 0 Å². The minimum absolute atomic E-state index is 0.0180. The quantitative estimate of drug-likeness (QED) is 0.0320. The summed E-state index contributed by atoms with van der Waals surface area (Å²) in [5.41, 5.74) is 0. The van der Waals surface area contributed by atoms with Gasteiger partial charge in [0.2, 0.25) is 5.91 Å². The Hall–Kier alpha value is -1.66. The number of rotatable bonds is 67. The third kappa shape index (κ3) is 63.5. The maximum atomic E-state index is 12.4. The van der Waals surface area contributed by atoms with Crippen molar-refractivity contribution in [3.63, 3.8) is 0 Å². The molecule has 0 fully saturated rings. The summed E-state index contributed by atoms with van der Waals surface area (Å²) < 4.78 is 5.51. The summed E-state index contributed by atoms with van der Waals surface area (Å²) in [5, 5.41) is 23.2. The molecule has 462 valence electrons. The standard InChI is InChI=1S/C72H139NO5/c1-3-5-7-9-11-13-15-16-17-18-33-37-40-43-46-50-54-58-62-66-72(77)78-67-63-59-55-51-47-44-41-38-35-32-30-28-26-24-22-20-19-21-23-25-27-29-31-34-36-39-42-45-49-53-57-61-65-71(76)73-69(68-74)70(75)64-60-56-52-48-14-12-10-8-6-4-2/h11,13,16-17,69-70,74-75H,3-10,12,14-15,18-68H2,1-2H3,(H,73,76)/b13-11-,17-16-. The predicted molar refractivity (Wildman–Crippen MR) is 343 cm³/mol. The number of carbonyl (C=O) groups excluding carboxylic acids is 2. The van der Waals surface area contributed by atoms with Crippen molar-refractivity contribution >= 4 is 11.9 Å². The van der Waals surface area contributed by atoms with E-state index in [1.165, 1.54) is 315 Å². The first kappa shape index (κ1) is 76.3. The van der Waals surface area contributed by atoms with E-state index in [0.29, 0.717) is 25.9 Å². The van der Waals surface area contributed by atoms with Crippen molar-refractivity contribution in [1.82, 2.24) is 5.32 Å². The fraction of sp³-hybridized carbons (Fsp3) is 0.917. The molecule has 78 heavy (non-hydrogen) atoms. The average Bonchev–Trinajstić information content (AvgIpc) is 3.44. The van der Waals surface area contributed by atoms with Crippen LogP contribution in [-0.4, -0.2) is 47.4 Å². The first-order chi connectivity index (χ1) is 38.5. The van der Waals surface area contributed by atoms with Crippen LogP contribution in [0.25, 0.3) is 0 Å². The first-order valence-corrected chi connectivity index (χ1v) is 35.6. The molecule has 0 aromatic carbocycles. The van der Waals surface area contributed by atoms with Crippen molar-refractivity contribution in [2.24, 2.45) is 0 Å². The Labute approximate surface area is 488 Å². The molecule has 0 radical (unpaired) electrons. The maximum absolute atomic E-state index is 12.4. The number of aliphatic hydroxyl groups is 2. The van der Waals surface area contributed by atoms with Gasteiger partial charge in [-0.05, 0) is 57.8 Å². The van der Waals surface area contributed by atoms with Gasteiger partial charge in [-0.1, -0.05) is 353 Å². The normalized spacial score (nSPS) is 12.6. The predicted octanol–water partition coefficient (Wildman–Crippen LogP) is 22.9. The van der Waals surface area contributed by atoms with Crippen molar-refractivity contribution in [1.29, 1.82) is 0 Å². The largest absolute Gasteiger partial charge is 0.466 e. The number of hydrogen-bond acceptors (Lipinski definition) is 5. The lowest BCUT2D eigenvalue weighted by atomic mass is 10.0. The van der Waals surface area contributed by atoms with Crippen molar-refractivity contribution < 1.29 is 24.5 Å². The second-order valence-electron chi connectivity index (χ2n) is 24.6. The van der Waals surface area contributed by atoms with E-state index < -0.39 is 12.1 Å². The molecule has 0 spiro atoms. The van der Waals surface area contributed by atoms with E-state index in [1.54, 1.807) is 0 Å². The lowest BCUT2D eigenvalue weighted by Crippen LogP contribution is -2.45. The Morgan fingerprint density at radius 3 is 1.00 bits per heavy atom. The zero-order chi connectivity index (χ0) is 56.4. The van der Waals surface area contributed by atoms with Crippen LogP contribution in [0.4, 0.5) is 0 Å². The van der Waals surface area contributed by atoms with Gasteiger partial charge in [-0.3, -0.25) is 9.59 Å². The monoisotopic (exact) mass is 1100 g/mol. The number of hydrogen-bond donors (Lipinski definition) is 3. The summed E-state index contributed by atoms with van der Waals surface area (Å²) in [6, 6.07) is -0.536. The maximum Gasteiger partial charge on any atom is 0.305 e. The highest BCUT2D eigenvalue weighted by Crippen LogP contribution is 2.19. The zero-order valence-electron chi connectivity index (χ0n) is 52.9. The summed E-state index contributed by atoms with van der Waals surface area (Å²) in [4.78, 5) is 24.6. The Kier molecular flexibility index (Phi) is 66.4. The van der Waals surface area contributed by atoms with Gasteiger partial charge >= 0.3 is 5.97 Å². The van der Waals surface area contributed by atoms with E-state index >= 15 is 0 Å². The number of nitrogens with one attached hydrogen (secondary N) is 1. The van der Waals surface area contributed by atoms with Crippen LogP contribution in [0.2, 0.25) is 0 Å². The summed E-state index contributed by atoms with van der Waals surface area (Å²) in [6.45, 7) is 4.94. The van der Waals surface area contributed by atoms with Gasteiger partial charge in [0.15, 0.2) is 0 Å². The van der Waals surface area contributed by atoms with Crippen LogP contribution in [0.15, 0.2) is 24.3 Å². The topological polar surface area (TPSA) is 95.9 Å². The van der Waals surface area contributed by atoms with Crippen molar-refractivity contribution in [2.45, 2.75) is 411 Å². The smallest absolute Gasteiger partial charge is 0.305 e. The van der Waals surface area contributed by atoms with Gasteiger partial charge in [-0.15, -0.1) is 0 Å². The molecule has 0 bridgehead atoms. The van der Waals surface area contributed by atoms with Gasteiger partial charge in [0, 0.05) is 12.8 Å². The van der Waals surface area contributed by atoms with Crippen LogP contribution >= 0.6 is 0 Å². The van der Waals surface area contributed by atoms with Crippen molar-refractivity contribution in [2.75, 3.05) is 13.2 Å². The van der Waals surface area contributed by atoms with Crippen LogP contribution in [0, 0.1) is 0 Å². The molecule has 0 heterocycles. The molecule has 0 aromatic rings. The van der Waals surface area contributed by atoms with E-state index in [-0.39, 0.29) is 18.5 Å². The highest BCUT2D eigenvalue weighted by Gasteiger charge is 2.20. The molecule has 0 aromatic heterocycles. The Balaban J connectivity index is 3.28. The average molecular weight is 1100 g/mol. The Morgan fingerprint density at radius 2 is 0.641 bits per heavy atom. The fourth-order valence-corrected chi connectivity index (χ4v) is 11.3. The lowest BCUT2D eigenvalue weighted by Gasteiger charge is -2.22. The molecule has 0 rings (SSSR count). The summed E-state index contributed by atoms with van der Waals surface area (Å²) in [7, 11) is 0. The molecular formula is C72H139NO5. The van der Waals surface area contributed by atoms with Crippen molar-refractivity contribution in [3.8, 4) is 0 Å². The molecule has 0 aliphatic heterocycles. The van der Waals surface area contributed by atoms with Crippen molar-refractivity contribution in [3.05, 3.63) is 24.3 Å². The molecule has 3 N–H and O–H groups in total. The molecule has 0 aliphatic rings. The number of allylic oxidation sites excluding steroid dienone is 4. The fourth-order valence-electron chi connectivity index (χ4n) is 11.3. The molecule has 6 heteroatoms. The number of amides is 1. The summed E-state index contributed by atoms with van der Waals surface area (Å²) in [5.74, 6) is -0.0122. The Bertz CT molecular complexity index is 1220. The van der Waals surface area contributed by atoms with E-state index in [0.717, 1.165) is 51.4 Å². The molecule has 2 atom stereocenters. The minimum Gasteiger partial charge on any atom is -0.466 e. The summed E-state index contributed by atoms with van der Waals surface area (Å²) in [6.07, 6.45) is 85.3. The van der Waals surface area contributed by atoms with Gasteiger partial charge < -0.3 is 20.3 Å². The molecule has 0 aliphatic carbocycles. The van der Waals surface area contributed by atoms with Gasteiger partial charge in [0.25, 0.3) is 0 Å². The van der Waals surface area contributed by atoms with Gasteiger partial charge in [-0.2, -0.15) is 0 Å². The minimum atomic E-state index is -0.659. The number of ether oxygens (including phenoxy) is 1. The lowest BCUT2D eigenvalue weighted by molar-refractivity contribution is -0.143. The molecular weight excluding hydrogens is 959 g/mol. The van der Waals surface area contributed by atoms with Crippen LogP contribution < -0.4 is 5.32 Å². The number of esters is 1. The van der Waals surface area contributed by atoms with Gasteiger partial charge in [-0.25, -0.2) is 0 Å². The second-order valence-corrected chi connectivity index (χ2v) is 24.6. The van der Waals surface area contributed by atoms with E-state index in [4.69, 9.17) is 4.74 Å². The van der Waals surface area contributed by atoms with Crippen LogP contribution in [0.3, 0.4) is 0 Å². The summed E-state index contributed by atoms with van der Waals surface area (Å²) >= 11 is 0. The Morgan fingerprint density at radius 1 is 0.359 bits per heavy atom. The number of carbonyl (C=O) groups is 2. The molecule has 0 saturated heterocycles.